The zero-order valence-electron chi connectivity index (χ0n) is 11.3. The Kier molecular flexibility index (Phi) is 4.24. The van der Waals surface area contributed by atoms with Crippen LogP contribution < -0.4 is 0 Å². The van der Waals surface area contributed by atoms with Gasteiger partial charge in [0, 0.05) is 11.7 Å². The fourth-order valence-electron chi connectivity index (χ4n) is 1.71. The van der Waals surface area contributed by atoms with Gasteiger partial charge in [-0.05, 0) is 26.2 Å². The topological polar surface area (TPSA) is 63.1 Å². The predicted octanol–water partition coefficient (Wildman–Crippen LogP) is 3.42. The van der Waals surface area contributed by atoms with Gasteiger partial charge in [-0.15, -0.1) is 11.8 Å². The minimum atomic E-state index is -0.954. The molecule has 2 rings (SSSR count). The minimum absolute atomic E-state index is 0.235. The molecule has 102 valence electrons. The number of aryl methyl sites for hydroxylation is 1. The normalized spacial score (nSPS) is 14.4. The molecule has 1 saturated carbocycles. The molecule has 1 aromatic heterocycles. The second-order valence-corrected chi connectivity index (χ2v) is 5.78. The van der Waals surface area contributed by atoms with E-state index in [4.69, 9.17) is 0 Å². The molecular formula is C14H18N2O2S. The molecule has 0 saturated heterocycles. The molecule has 1 N–H and O–H groups in total. The van der Waals surface area contributed by atoms with Crippen LogP contribution in [0.2, 0.25) is 0 Å². The summed E-state index contributed by atoms with van der Waals surface area (Å²) in [6, 6.07) is 0. The van der Waals surface area contributed by atoms with E-state index in [1.165, 1.54) is 11.8 Å². The van der Waals surface area contributed by atoms with Crippen LogP contribution in [0.3, 0.4) is 0 Å². The smallest absolute Gasteiger partial charge is 0.340 e. The monoisotopic (exact) mass is 278 g/mol. The van der Waals surface area contributed by atoms with Gasteiger partial charge >= 0.3 is 5.97 Å². The van der Waals surface area contributed by atoms with Crippen LogP contribution in [0.1, 0.15) is 54.0 Å². The van der Waals surface area contributed by atoms with Crippen molar-refractivity contribution in [1.29, 1.82) is 0 Å². The van der Waals surface area contributed by atoms with Crippen LogP contribution in [-0.4, -0.2) is 26.8 Å². The Morgan fingerprint density at radius 3 is 2.68 bits per heavy atom. The zero-order chi connectivity index (χ0) is 14.0. The Bertz CT molecular complexity index is 524. The summed E-state index contributed by atoms with van der Waals surface area (Å²) in [6.07, 6.45) is 3.12. The maximum atomic E-state index is 11.3. The van der Waals surface area contributed by atoms with Crippen molar-refractivity contribution in [3.05, 3.63) is 29.2 Å². The Balaban J connectivity index is 2.30. The Hall–Kier alpha value is -1.36. The lowest BCUT2D eigenvalue weighted by Crippen LogP contribution is -2.09. The average Bonchev–Trinajstić information content (AvgIpc) is 3.18. The molecule has 0 aliphatic heterocycles. The van der Waals surface area contributed by atoms with E-state index in [0.29, 0.717) is 22.4 Å². The second kappa shape index (κ2) is 5.74. The highest BCUT2D eigenvalue weighted by atomic mass is 32.2. The molecule has 4 nitrogen and oxygen atoms in total. The van der Waals surface area contributed by atoms with Crippen LogP contribution >= 0.6 is 11.8 Å². The summed E-state index contributed by atoms with van der Waals surface area (Å²) >= 11 is 1.45. The molecule has 0 aromatic carbocycles. The fraction of sp³-hybridized carbons (Fsp3) is 0.500. The molecule has 0 bridgehead atoms. The third kappa shape index (κ3) is 3.35. The first-order valence-corrected chi connectivity index (χ1v) is 7.42. The number of hydrogen-bond donors (Lipinski definition) is 1. The summed E-state index contributed by atoms with van der Waals surface area (Å²) < 4.78 is 0. The predicted molar refractivity (Wildman–Crippen MR) is 75.9 cm³/mol. The number of nitrogens with zero attached hydrogens (tertiary/aromatic N) is 2. The molecule has 1 fully saturated rings. The van der Waals surface area contributed by atoms with Crippen molar-refractivity contribution in [2.45, 2.75) is 44.1 Å². The van der Waals surface area contributed by atoms with E-state index in [-0.39, 0.29) is 5.56 Å². The second-order valence-electron chi connectivity index (χ2n) is 4.82. The number of aromatic nitrogens is 2. The Morgan fingerprint density at radius 1 is 1.47 bits per heavy atom. The highest BCUT2D eigenvalue weighted by Crippen LogP contribution is 2.39. The lowest BCUT2D eigenvalue weighted by molar-refractivity contribution is 0.0690. The SMILES string of the molecule is C=C(CC)CSc1nc(C2CC2)nc(C)c1C(=O)O. The van der Waals surface area contributed by atoms with Gasteiger partial charge in [-0.1, -0.05) is 19.1 Å². The molecule has 1 aliphatic carbocycles. The lowest BCUT2D eigenvalue weighted by atomic mass is 10.2. The van der Waals surface area contributed by atoms with Crippen molar-refractivity contribution in [3.8, 4) is 0 Å². The summed E-state index contributed by atoms with van der Waals surface area (Å²) in [5.74, 6) is 0.976. The molecule has 0 atom stereocenters. The van der Waals surface area contributed by atoms with Crippen LogP contribution in [0.4, 0.5) is 0 Å². The molecule has 0 amide bonds. The standard InChI is InChI=1S/C14H18N2O2S/c1-4-8(2)7-19-13-11(14(17)18)9(3)15-12(16-13)10-5-6-10/h10H,2,4-7H2,1,3H3,(H,17,18). The summed E-state index contributed by atoms with van der Waals surface area (Å²) in [6.45, 7) is 7.73. The Labute approximate surface area is 117 Å². The zero-order valence-corrected chi connectivity index (χ0v) is 12.1. The van der Waals surface area contributed by atoms with Crippen molar-refractivity contribution in [2.24, 2.45) is 0 Å². The van der Waals surface area contributed by atoms with Crippen molar-refractivity contribution in [1.82, 2.24) is 9.97 Å². The number of carboxylic acids is 1. The number of rotatable bonds is 6. The molecule has 1 aromatic rings. The van der Waals surface area contributed by atoms with E-state index in [1.807, 2.05) is 6.92 Å². The van der Waals surface area contributed by atoms with Crippen LogP contribution in [0.25, 0.3) is 0 Å². The van der Waals surface area contributed by atoms with Gasteiger partial charge in [0.1, 0.15) is 16.4 Å². The van der Waals surface area contributed by atoms with Crippen molar-refractivity contribution < 1.29 is 9.90 Å². The molecular weight excluding hydrogens is 260 g/mol. The first kappa shape index (κ1) is 14.1. The first-order valence-electron chi connectivity index (χ1n) is 6.44. The van der Waals surface area contributed by atoms with Gasteiger partial charge < -0.3 is 5.11 Å². The third-order valence-corrected chi connectivity index (χ3v) is 4.26. The van der Waals surface area contributed by atoms with Crippen LogP contribution in [0.5, 0.6) is 0 Å². The Morgan fingerprint density at radius 2 is 2.16 bits per heavy atom. The number of carbonyl (C=O) groups is 1. The van der Waals surface area contributed by atoms with Crippen molar-refractivity contribution in [2.75, 3.05) is 5.75 Å². The number of hydrogen-bond acceptors (Lipinski definition) is 4. The van der Waals surface area contributed by atoms with Gasteiger partial charge in [-0.3, -0.25) is 0 Å². The average molecular weight is 278 g/mol. The fourth-order valence-corrected chi connectivity index (χ4v) is 2.80. The number of thioether (sulfide) groups is 1. The van der Waals surface area contributed by atoms with E-state index in [9.17, 15) is 9.90 Å². The van der Waals surface area contributed by atoms with Crippen LogP contribution in [0.15, 0.2) is 17.2 Å². The van der Waals surface area contributed by atoms with E-state index in [0.717, 1.165) is 30.7 Å². The molecule has 1 aliphatic rings. The quantitative estimate of drug-likeness (QED) is 0.491. The largest absolute Gasteiger partial charge is 0.478 e. The molecule has 1 heterocycles. The maximum Gasteiger partial charge on any atom is 0.340 e. The van der Waals surface area contributed by atoms with E-state index >= 15 is 0 Å². The van der Waals surface area contributed by atoms with Gasteiger partial charge in [-0.25, -0.2) is 14.8 Å². The van der Waals surface area contributed by atoms with Gasteiger partial charge in [0.2, 0.25) is 0 Å². The lowest BCUT2D eigenvalue weighted by Gasteiger charge is -2.10. The molecule has 0 radical (unpaired) electrons. The van der Waals surface area contributed by atoms with Gasteiger partial charge in [0.15, 0.2) is 0 Å². The third-order valence-electron chi connectivity index (χ3n) is 3.14. The molecule has 19 heavy (non-hydrogen) atoms. The van der Waals surface area contributed by atoms with Crippen molar-refractivity contribution in [3.63, 3.8) is 0 Å². The summed E-state index contributed by atoms with van der Waals surface area (Å²) in [5.41, 5.74) is 1.89. The molecule has 0 unspecified atom stereocenters. The first-order chi connectivity index (χ1) is 9.02. The van der Waals surface area contributed by atoms with Gasteiger partial charge in [0.05, 0.1) is 5.69 Å². The summed E-state index contributed by atoms with van der Waals surface area (Å²) in [4.78, 5) is 20.1. The number of carboxylic acid groups (broad SMARTS) is 1. The minimum Gasteiger partial charge on any atom is -0.478 e. The highest BCUT2D eigenvalue weighted by Gasteiger charge is 2.29. The summed E-state index contributed by atoms with van der Waals surface area (Å²) in [5, 5.41) is 9.88. The van der Waals surface area contributed by atoms with E-state index in [1.54, 1.807) is 6.92 Å². The maximum absolute atomic E-state index is 11.3. The molecule has 0 spiro atoms. The summed E-state index contributed by atoms with van der Waals surface area (Å²) in [7, 11) is 0. The van der Waals surface area contributed by atoms with E-state index in [2.05, 4.69) is 16.5 Å². The number of aromatic carboxylic acids is 1. The van der Waals surface area contributed by atoms with Crippen LogP contribution in [-0.2, 0) is 0 Å². The molecule has 5 heteroatoms. The van der Waals surface area contributed by atoms with Gasteiger partial charge in [-0.2, -0.15) is 0 Å². The van der Waals surface area contributed by atoms with E-state index < -0.39 is 5.97 Å². The van der Waals surface area contributed by atoms with Crippen molar-refractivity contribution >= 4 is 17.7 Å². The van der Waals surface area contributed by atoms with Crippen LogP contribution in [0, 0.1) is 6.92 Å². The highest BCUT2D eigenvalue weighted by molar-refractivity contribution is 7.99. The van der Waals surface area contributed by atoms with Gasteiger partial charge in [0.25, 0.3) is 0 Å².